The first-order valence-corrected chi connectivity index (χ1v) is 7.12. The van der Waals surface area contributed by atoms with Crippen molar-refractivity contribution in [2.45, 2.75) is 19.1 Å². The van der Waals surface area contributed by atoms with E-state index in [4.69, 9.17) is 4.74 Å². The van der Waals surface area contributed by atoms with Gasteiger partial charge in [-0.3, -0.25) is 4.79 Å². The maximum absolute atomic E-state index is 12.9. The molecule has 4 nitrogen and oxygen atoms in total. The van der Waals surface area contributed by atoms with E-state index in [-0.39, 0.29) is 29.4 Å². The lowest BCUT2D eigenvalue weighted by atomic mass is 10.1. The summed E-state index contributed by atoms with van der Waals surface area (Å²) < 4.78 is 18.6. The molecule has 1 N–H and O–H groups in total. The summed E-state index contributed by atoms with van der Waals surface area (Å²) in [7, 11) is 0. The van der Waals surface area contributed by atoms with Crippen LogP contribution < -0.4 is 0 Å². The summed E-state index contributed by atoms with van der Waals surface area (Å²) in [5.74, 6) is -1.21. The minimum atomic E-state index is -0.567. The Bertz CT molecular complexity index is 483. The number of nitrogens with zero attached hydrogens (tertiary/aromatic N) is 1. The molecule has 1 heterocycles. The van der Waals surface area contributed by atoms with Gasteiger partial charge >= 0.3 is 0 Å². The van der Waals surface area contributed by atoms with E-state index in [0.29, 0.717) is 18.4 Å². The Kier molecular flexibility index (Phi) is 4.42. The van der Waals surface area contributed by atoms with Crippen molar-refractivity contribution >= 4 is 21.8 Å². The summed E-state index contributed by atoms with van der Waals surface area (Å²) in [4.78, 5) is 13.9. The highest BCUT2D eigenvalue weighted by Gasteiger charge is 2.29. The third-order valence-corrected chi connectivity index (χ3v) is 3.70. The molecule has 0 aromatic heterocycles. The first-order chi connectivity index (χ1) is 9.01. The van der Waals surface area contributed by atoms with Gasteiger partial charge in [-0.2, -0.15) is 0 Å². The Labute approximate surface area is 119 Å². The first-order valence-electron chi connectivity index (χ1n) is 6.00. The normalized spacial score (nSPS) is 23.4. The molecule has 104 valence electrons. The van der Waals surface area contributed by atoms with Crippen LogP contribution in [0.2, 0.25) is 0 Å². The van der Waals surface area contributed by atoms with Crippen molar-refractivity contribution in [3.8, 4) is 5.75 Å². The highest BCUT2D eigenvalue weighted by Crippen LogP contribution is 2.22. The van der Waals surface area contributed by atoms with Crippen LogP contribution in [0.3, 0.4) is 0 Å². The van der Waals surface area contributed by atoms with Crippen LogP contribution in [-0.2, 0) is 4.74 Å². The second kappa shape index (κ2) is 5.88. The second-order valence-corrected chi connectivity index (χ2v) is 5.24. The van der Waals surface area contributed by atoms with Gasteiger partial charge in [-0.25, -0.2) is 4.39 Å². The van der Waals surface area contributed by atoms with E-state index >= 15 is 0 Å². The SMILES string of the molecule is CC1CN(C(=O)c2ccc(F)cc2O)CC(CBr)O1. The van der Waals surface area contributed by atoms with Crippen molar-refractivity contribution in [3.05, 3.63) is 29.6 Å². The Balaban J connectivity index is 2.18. The van der Waals surface area contributed by atoms with E-state index in [9.17, 15) is 14.3 Å². The van der Waals surface area contributed by atoms with Crippen LogP contribution >= 0.6 is 15.9 Å². The number of alkyl halides is 1. The molecule has 1 aromatic carbocycles. The molecule has 0 saturated carbocycles. The predicted octanol–water partition coefficient (Wildman–Crippen LogP) is 2.16. The minimum absolute atomic E-state index is 0.0668. The fraction of sp³-hybridized carbons (Fsp3) is 0.462. The zero-order valence-corrected chi connectivity index (χ0v) is 12.1. The predicted molar refractivity (Wildman–Crippen MR) is 72.1 cm³/mol. The molecule has 0 radical (unpaired) electrons. The average molecular weight is 332 g/mol. The number of phenolic OH excluding ortho intramolecular Hbond substituents is 1. The first kappa shape index (κ1) is 14.3. The zero-order chi connectivity index (χ0) is 14.0. The monoisotopic (exact) mass is 331 g/mol. The third kappa shape index (κ3) is 3.25. The van der Waals surface area contributed by atoms with Crippen LogP contribution in [0.1, 0.15) is 17.3 Å². The van der Waals surface area contributed by atoms with Gasteiger partial charge in [0.25, 0.3) is 5.91 Å². The molecule has 1 aromatic rings. The maximum Gasteiger partial charge on any atom is 0.257 e. The topological polar surface area (TPSA) is 49.8 Å². The standard InChI is InChI=1S/C13H15BrFNO3/c1-8-6-16(7-10(5-14)19-8)13(18)11-3-2-9(15)4-12(11)17/h2-4,8,10,17H,5-7H2,1H3. The summed E-state index contributed by atoms with van der Waals surface area (Å²) in [6, 6.07) is 3.41. The smallest absolute Gasteiger partial charge is 0.257 e. The molecule has 2 rings (SSSR count). The summed E-state index contributed by atoms with van der Waals surface area (Å²) in [5, 5.41) is 10.3. The number of ether oxygens (including phenoxy) is 1. The molecule has 2 unspecified atom stereocenters. The molecule has 1 aliphatic heterocycles. The molecule has 19 heavy (non-hydrogen) atoms. The lowest BCUT2D eigenvalue weighted by Gasteiger charge is -2.36. The largest absolute Gasteiger partial charge is 0.507 e. The Hall–Kier alpha value is -1.14. The summed E-state index contributed by atoms with van der Waals surface area (Å²) >= 11 is 3.33. The number of amides is 1. The molecule has 1 amide bonds. The average Bonchev–Trinajstić information content (AvgIpc) is 2.37. The Morgan fingerprint density at radius 1 is 1.58 bits per heavy atom. The number of carbonyl (C=O) groups is 1. The molecule has 0 spiro atoms. The summed E-state index contributed by atoms with van der Waals surface area (Å²) in [5.41, 5.74) is 0.115. The van der Waals surface area contributed by atoms with E-state index in [1.165, 1.54) is 12.1 Å². The molecule has 1 saturated heterocycles. The van der Waals surface area contributed by atoms with Crippen molar-refractivity contribution in [2.24, 2.45) is 0 Å². The quantitative estimate of drug-likeness (QED) is 0.845. The van der Waals surface area contributed by atoms with Crippen molar-refractivity contribution in [1.82, 2.24) is 4.90 Å². The maximum atomic E-state index is 12.9. The Morgan fingerprint density at radius 2 is 2.32 bits per heavy atom. The number of hydrogen-bond donors (Lipinski definition) is 1. The van der Waals surface area contributed by atoms with E-state index in [0.717, 1.165) is 6.07 Å². The number of phenols is 1. The molecule has 0 bridgehead atoms. The van der Waals surface area contributed by atoms with Gasteiger partial charge in [0.05, 0.1) is 17.8 Å². The van der Waals surface area contributed by atoms with Gasteiger partial charge in [0.2, 0.25) is 0 Å². The summed E-state index contributed by atoms with van der Waals surface area (Å²) in [6.45, 7) is 2.80. The van der Waals surface area contributed by atoms with Gasteiger partial charge in [0.1, 0.15) is 11.6 Å². The minimum Gasteiger partial charge on any atom is -0.507 e. The fourth-order valence-electron chi connectivity index (χ4n) is 2.15. The van der Waals surface area contributed by atoms with Crippen LogP contribution in [0.5, 0.6) is 5.75 Å². The number of carbonyl (C=O) groups excluding carboxylic acids is 1. The lowest BCUT2D eigenvalue weighted by Crippen LogP contribution is -2.49. The van der Waals surface area contributed by atoms with Crippen LogP contribution in [0.25, 0.3) is 0 Å². The van der Waals surface area contributed by atoms with Gasteiger partial charge in [-0.1, -0.05) is 15.9 Å². The van der Waals surface area contributed by atoms with Crippen molar-refractivity contribution in [1.29, 1.82) is 0 Å². The lowest BCUT2D eigenvalue weighted by molar-refractivity contribution is -0.0560. The van der Waals surface area contributed by atoms with Gasteiger partial charge in [0.15, 0.2) is 0 Å². The zero-order valence-electron chi connectivity index (χ0n) is 10.5. The molecular formula is C13H15BrFNO3. The number of rotatable bonds is 2. The van der Waals surface area contributed by atoms with E-state index < -0.39 is 5.82 Å². The molecule has 0 aliphatic carbocycles. The number of benzene rings is 1. The Morgan fingerprint density at radius 3 is 2.95 bits per heavy atom. The third-order valence-electron chi connectivity index (χ3n) is 2.98. The van der Waals surface area contributed by atoms with E-state index in [2.05, 4.69) is 15.9 Å². The molecule has 1 aliphatic rings. The molecule has 1 fully saturated rings. The van der Waals surface area contributed by atoms with Crippen LogP contribution in [0.15, 0.2) is 18.2 Å². The van der Waals surface area contributed by atoms with Gasteiger partial charge < -0.3 is 14.7 Å². The summed E-state index contributed by atoms with van der Waals surface area (Å²) in [6.07, 6.45) is -0.141. The number of aromatic hydroxyl groups is 1. The fourth-order valence-corrected chi connectivity index (χ4v) is 2.51. The number of morpholine rings is 1. The molecular weight excluding hydrogens is 317 g/mol. The van der Waals surface area contributed by atoms with Crippen LogP contribution in [-0.4, -0.2) is 46.5 Å². The van der Waals surface area contributed by atoms with Crippen LogP contribution in [0, 0.1) is 5.82 Å². The van der Waals surface area contributed by atoms with E-state index in [1.807, 2.05) is 6.92 Å². The number of halogens is 2. The highest BCUT2D eigenvalue weighted by molar-refractivity contribution is 9.09. The number of hydrogen-bond acceptors (Lipinski definition) is 3. The second-order valence-electron chi connectivity index (χ2n) is 4.59. The highest BCUT2D eigenvalue weighted by atomic mass is 79.9. The molecule has 6 heteroatoms. The van der Waals surface area contributed by atoms with Gasteiger partial charge in [-0.05, 0) is 19.1 Å². The van der Waals surface area contributed by atoms with E-state index in [1.54, 1.807) is 4.90 Å². The molecule has 2 atom stereocenters. The van der Waals surface area contributed by atoms with Gasteiger partial charge in [0, 0.05) is 24.5 Å². The van der Waals surface area contributed by atoms with Gasteiger partial charge in [-0.15, -0.1) is 0 Å². The van der Waals surface area contributed by atoms with Crippen molar-refractivity contribution in [2.75, 3.05) is 18.4 Å². The van der Waals surface area contributed by atoms with Crippen molar-refractivity contribution in [3.63, 3.8) is 0 Å². The van der Waals surface area contributed by atoms with Crippen molar-refractivity contribution < 1.29 is 19.0 Å². The van der Waals surface area contributed by atoms with Crippen LogP contribution in [0.4, 0.5) is 4.39 Å².